The Labute approximate surface area is 223 Å². The molecular formula is C24H34N8O7. The molecule has 3 amide bonds. The molecule has 212 valence electrons. The van der Waals surface area contributed by atoms with Crippen molar-refractivity contribution in [2.24, 2.45) is 22.2 Å². The Morgan fingerprint density at radius 2 is 1.69 bits per heavy atom. The molecule has 3 unspecified atom stereocenters. The molecule has 0 saturated carbocycles. The minimum atomic E-state index is -1.44. The SMILES string of the molecule is NC(N)=NCCCC(NC(=O)C(N)Cc1c[nH]c2ccccc12)C(=O)NCC(=O)NC(CCC(=O)O)C(=O)O. The first-order valence-corrected chi connectivity index (χ1v) is 12.2. The molecule has 2 rings (SSSR count). The topological polar surface area (TPSA) is 268 Å². The molecule has 0 bridgehead atoms. The van der Waals surface area contributed by atoms with Crippen LogP contribution in [0.15, 0.2) is 35.5 Å². The van der Waals surface area contributed by atoms with Crippen molar-refractivity contribution in [2.45, 2.75) is 50.2 Å². The van der Waals surface area contributed by atoms with Gasteiger partial charge in [-0.15, -0.1) is 0 Å². The largest absolute Gasteiger partial charge is 0.481 e. The van der Waals surface area contributed by atoms with Gasteiger partial charge in [-0.3, -0.25) is 24.2 Å². The van der Waals surface area contributed by atoms with E-state index in [1.165, 1.54) is 0 Å². The van der Waals surface area contributed by atoms with Gasteiger partial charge >= 0.3 is 11.9 Å². The second-order valence-electron chi connectivity index (χ2n) is 8.79. The zero-order chi connectivity index (χ0) is 28.9. The third-order valence-corrected chi connectivity index (χ3v) is 5.73. The van der Waals surface area contributed by atoms with Gasteiger partial charge in [0.25, 0.3) is 0 Å². The quantitative estimate of drug-likeness (QED) is 0.0642. The summed E-state index contributed by atoms with van der Waals surface area (Å²) in [6, 6.07) is 4.02. The van der Waals surface area contributed by atoms with E-state index in [4.69, 9.17) is 22.3 Å². The third-order valence-electron chi connectivity index (χ3n) is 5.73. The molecule has 0 aliphatic carbocycles. The van der Waals surface area contributed by atoms with Crippen LogP contribution in [0.4, 0.5) is 0 Å². The molecule has 0 saturated heterocycles. The van der Waals surface area contributed by atoms with Crippen molar-refractivity contribution >= 4 is 46.5 Å². The number of nitrogens with one attached hydrogen (secondary N) is 4. The second kappa shape index (κ2) is 14.9. The molecule has 39 heavy (non-hydrogen) atoms. The van der Waals surface area contributed by atoms with Gasteiger partial charge in [0.15, 0.2) is 5.96 Å². The Morgan fingerprint density at radius 1 is 0.974 bits per heavy atom. The highest BCUT2D eigenvalue weighted by atomic mass is 16.4. The Morgan fingerprint density at radius 3 is 2.36 bits per heavy atom. The lowest BCUT2D eigenvalue weighted by molar-refractivity contribution is -0.143. The molecule has 1 aromatic heterocycles. The maximum atomic E-state index is 12.9. The normalized spacial score (nSPS) is 13.1. The number of carboxylic acids is 2. The van der Waals surface area contributed by atoms with Gasteiger partial charge in [0.05, 0.1) is 12.6 Å². The monoisotopic (exact) mass is 546 g/mol. The number of guanidine groups is 1. The van der Waals surface area contributed by atoms with E-state index in [0.717, 1.165) is 16.5 Å². The summed E-state index contributed by atoms with van der Waals surface area (Å²) in [4.78, 5) is 66.8. The van der Waals surface area contributed by atoms with E-state index >= 15 is 0 Å². The highest BCUT2D eigenvalue weighted by molar-refractivity contribution is 5.93. The lowest BCUT2D eigenvalue weighted by Gasteiger charge is -2.21. The number of carboxylic acid groups (broad SMARTS) is 2. The van der Waals surface area contributed by atoms with E-state index in [1.807, 2.05) is 24.3 Å². The zero-order valence-electron chi connectivity index (χ0n) is 21.2. The van der Waals surface area contributed by atoms with Gasteiger partial charge in [-0.1, -0.05) is 18.2 Å². The lowest BCUT2D eigenvalue weighted by atomic mass is 10.0. The zero-order valence-corrected chi connectivity index (χ0v) is 21.2. The maximum Gasteiger partial charge on any atom is 0.326 e. The minimum Gasteiger partial charge on any atom is -0.481 e. The number of nitrogens with zero attached hydrogens (tertiary/aromatic N) is 1. The molecular weight excluding hydrogens is 512 g/mol. The van der Waals surface area contributed by atoms with Gasteiger partial charge in [0.1, 0.15) is 12.1 Å². The summed E-state index contributed by atoms with van der Waals surface area (Å²) in [5, 5.41) is 25.9. The Hall–Kier alpha value is -4.66. The van der Waals surface area contributed by atoms with Crippen molar-refractivity contribution in [2.75, 3.05) is 13.1 Å². The van der Waals surface area contributed by atoms with E-state index in [0.29, 0.717) is 6.42 Å². The molecule has 0 aliphatic heterocycles. The second-order valence-corrected chi connectivity index (χ2v) is 8.79. The summed E-state index contributed by atoms with van der Waals surface area (Å²) in [5.74, 6) is -4.90. The number of fused-ring (bicyclic) bond motifs is 1. The van der Waals surface area contributed by atoms with Crippen LogP contribution in [-0.2, 0) is 30.4 Å². The number of aliphatic carboxylic acids is 2. The number of para-hydroxylation sites is 1. The van der Waals surface area contributed by atoms with Crippen molar-refractivity contribution in [1.82, 2.24) is 20.9 Å². The molecule has 0 radical (unpaired) electrons. The van der Waals surface area contributed by atoms with Crippen LogP contribution in [0.1, 0.15) is 31.2 Å². The average Bonchev–Trinajstić information content (AvgIpc) is 3.28. The third kappa shape index (κ3) is 10.3. The van der Waals surface area contributed by atoms with Crippen LogP contribution in [-0.4, -0.2) is 82.0 Å². The Bertz CT molecular complexity index is 1210. The van der Waals surface area contributed by atoms with Crippen LogP contribution in [0, 0.1) is 0 Å². The molecule has 15 nitrogen and oxygen atoms in total. The average molecular weight is 547 g/mol. The standard InChI is InChI=1S/C24H34N8O7/c25-15(10-13-11-29-16-5-2-1-4-14(13)16)21(36)32-17(6-3-9-28-24(26)27)22(37)30-12-19(33)31-18(23(38)39)7-8-20(34)35/h1-2,4-5,11,15,17-18,29H,3,6-10,12,25H2,(H,30,37)(H,31,33)(H,32,36)(H,34,35)(H,38,39)(H4,26,27,28). The molecule has 12 N–H and O–H groups in total. The van der Waals surface area contributed by atoms with Gasteiger partial charge in [-0.25, -0.2) is 4.79 Å². The number of amides is 3. The number of rotatable bonds is 16. The number of hydrogen-bond donors (Lipinski definition) is 9. The van der Waals surface area contributed by atoms with Crippen molar-refractivity contribution < 1.29 is 34.2 Å². The van der Waals surface area contributed by atoms with E-state index in [2.05, 4.69) is 25.9 Å². The molecule has 0 spiro atoms. The predicted octanol–water partition coefficient (Wildman–Crippen LogP) is -1.87. The van der Waals surface area contributed by atoms with Gasteiger partial charge in [0, 0.05) is 30.1 Å². The summed E-state index contributed by atoms with van der Waals surface area (Å²) in [5.41, 5.74) is 18.5. The lowest BCUT2D eigenvalue weighted by Crippen LogP contribution is -2.53. The first kappa shape index (κ1) is 30.6. The maximum absolute atomic E-state index is 12.9. The fraction of sp³-hybridized carbons (Fsp3) is 0.417. The van der Waals surface area contributed by atoms with E-state index in [1.54, 1.807) is 6.20 Å². The van der Waals surface area contributed by atoms with E-state index < -0.39 is 60.8 Å². The number of carbonyl (C=O) groups is 5. The minimum absolute atomic E-state index is 0.117. The molecule has 1 aromatic carbocycles. The molecule has 2 aromatic rings. The molecule has 0 aliphatic rings. The predicted molar refractivity (Wildman–Crippen MR) is 141 cm³/mol. The van der Waals surface area contributed by atoms with Crippen molar-refractivity contribution in [3.8, 4) is 0 Å². The van der Waals surface area contributed by atoms with Crippen molar-refractivity contribution in [3.05, 3.63) is 36.0 Å². The Balaban J connectivity index is 1.99. The van der Waals surface area contributed by atoms with Crippen LogP contribution in [0.25, 0.3) is 10.9 Å². The van der Waals surface area contributed by atoms with Crippen molar-refractivity contribution in [1.29, 1.82) is 0 Å². The molecule has 0 fully saturated rings. The number of aromatic amines is 1. The first-order chi connectivity index (χ1) is 18.5. The number of nitrogens with two attached hydrogens (primary N) is 3. The smallest absolute Gasteiger partial charge is 0.326 e. The number of aromatic nitrogens is 1. The first-order valence-electron chi connectivity index (χ1n) is 12.2. The fourth-order valence-electron chi connectivity index (χ4n) is 3.74. The van der Waals surface area contributed by atoms with E-state index in [9.17, 15) is 29.1 Å². The molecule has 15 heteroatoms. The summed E-state index contributed by atoms with van der Waals surface area (Å²) in [7, 11) is 0. The Kier molecular flexibility index (Phi) is 11.7. The van der Waals surface area contributed by atoms with Crippen LogP contribution in [0.2, 0.25) is 0 Å². The molecule has 1 heterocycles. The van der Waals surface area contributed by atoms with Crippen LogP contribution < -0.4 is 33.2 Å². The summed E-state index contributed by atoms with van der Waals surface area (Å²) in [6.07, 6.45) is 1.60. The van der Waals surface area contributed by atoms with Gasteiger partial charge in [0.2, 0.25) is 17.7 Å². The van der Waals surface area contributed by atoms with Crippen molar-refractivity contribution in [3.63, 3.8) is 0 Å². The highest BCUT2D eigenvalue weighted by Gasteiger charge is 2.26. The van der Waals surface area contributed by atoms with Crippen LogP contribution >= 0.6 is 0 Å². The fourth-order valence-corrected chi connectivity index (χ4v) is 3.74. The summed E-state index contributed by atoms with van der Waals surface area (Å²) < 4.78 is 0. The summed E-state index contributed by atoms with van der Waals surface area (Å²) >= 11 is 0. The highest BCUT2D eigenvalue weighted by Crippen LogP contribution is 2.18. The number of H-pyrrole nitrogens is 1. The number of aliphatic imine (C=N–C) groups is 1. The van der Waals surface area contributed by atoms with E-state index in [-0.39, 0.29) is 31.8 Å². The number of benzene rings is 1. The van der Waals surface area contributed by atoms with Gasteiger partial charge in [-0.05, 0) is 37.3 Å². The summed E-state index contributed by atoms with van der Waals surface area (Å²) in [6.45, 7) is -0.412. The van der Waals surface area contributed by atoms with Gasteiger partial charge in [-0.2, -0.15) is 0 Å². The number of hydrogen-bond acceptors (Lipinski definition) is 7. The van der Waals surface area contributed by atoms with Crippen LogP contribution in [0.3, 0.4) is 0 Å². The van der Waals surface area contributed by atoms with Crippen LogP contribution in [0.5, 0.6) is 0 Å². The molecule has 3 atom stereocenters. The van der Waals surface area contributed by atoms with Gasteiger partial charge < -0.3 is 48.3 Å². The number of carbonyl (C=O) groups excluding carboxylic acids is 3.